The molecule has 2 N–H and O–H groups in total. The third kappa shape index (κ3) is 2.82. The van der Waals surface area contributed by atoms with Crippen LogP contribution in [0, 0.1) is 5.92 Å². The first-order valence-corrected chi connectivity index (χ1v) is 6.80. The van der Waals surface area contributed by atoms with Crippen molar-refractivity contribution < 1.29 is 9.53 Å². The zero-order valence-electron chi connectivity index (χ0n) is 11.2. The monoisotopic (exact) mass is 267 g/mol. The Hall–Kier alpha value is -2.29. The van der Waals surface area contributed by atoms with E-state index in [4.69, 9.17) is 10.5 Å². The molecule has 3 rings (SSSR count). The van der Waals surface area contributed by atoms with Gasteiger partial charge in [-0.15, -0.1) is 0 Å². The molecular weight excluding hydrogens is 250 g/mol. The van der Waals surface area contributed by atoms with E-state index in [-0.39, 0.29) is 17.7 Å². The quantitative estimate of drug-likeness (QED) is 0.905. The zero-order valence-corrected chi connectivity index (χ0v) is 11.2. The van der Waals surface area contributed by atoms with Crippen molar-refractivity contribution in [3.8, 4) is 5.75 Å². The number of ether oxygens (including phenoxy) is 1. The Labute approximate surface area is 118 Å². The smallest absolute Gasteiger partial charge is 0.221 e. The Morgan fingerprint density at radius 2 is 1.95 bits per heavy atom. The van der Waals surface area contributed by atoms with Crippen molar-refractivity contribution in [2.45, 2.75) is 18.9 Å². The Balaban J connectivity index is 1.65. The minimum absolute atomic E-state index is 0.000580. The number of carbonyl (C=O) groups excluding carboxylic acids is 1. The van der Waals surface area contributed by atoms with E-state index in [0.717, 1.165) is 23.3 Å². The van der Waals surface area contributed by atoms with Crippen molar-refractivity contribution in [1.29, 1.82) is 0 Å². The molecule has 2 unspecified atom stereocenters. The predicted octanol–water partition coefficient (Wildman–Crippen LogP) is 2.85. The lowest BCUT2D eigenvalue weighted by atomic mass is 10.1. The van der Waals surface area contributed by atoms with E-state index in [9.17, 15) is 4.79 Å². The molecule has 0 aliphatic heterocycles. The summed E-state index contributed by atoms with van der Waals surface area (Å²) in [5.74, 6) is 0.902. The van der Waals surface area contributed by atoms with Crippen LogP contribution in [0.15, 0.2) is 54.6 Å². The van der Waals surface area contributed by atoms with Crippen molar-refractivity contribution in [2.24, 2.45) is 11.7 Å². The SMILES string of the molecule is NC(=O)C1CC1c1cccc(OCc2ccccc2)c1. The third-order valence-corrected chi connectivity index (χ3v) is 3.69. The van der Waals surface area contributed by atoms with Crippen molar-refractivity contribution in [1.82, 2.24) is 0 Å². The number of hydrogen-bond donors (Lipinski definition) is 1. The van der Waals surface area contributed by atoms with Gasteiger partial charge in [-0.2, -0.15) is 0 Å². The second-order valence-corrected chi connectivity index (χ2v) is 5.20. The molecular formula is C17H17NO2. The second-order valence-electron chi connectivity index (χ2n) is 5.20. The van der Waals surface area contributed by atoms with E-state index in [0.29, 0.717) is 6.61 Å². The van der Waals surface area contributed by atoms with Crippen LogP contribution in [0.2, 0.25) is 0 Å². The van der Waals surface area contributed by atoms with Crippen LogP contribution in [0.1, 0.15) is 23.5 Å². The summed E-state index contributed by atoms with van der Waals surface area (Å²) in [6.45, 7) is 0.550. The van der Waals surface area contributed by atoms with Crippen LogP contribution in [0.5, 0.6) is 5.75 Å². The molecule has 20 heavy (non-hydrogen) atoms. The maximum atomic E-state index is 11.1. The van der Waals surface area contributed by atoms with Gasteiger partial charge in [-0.25, -0.2) is 0 Å². The summed E-state index contributed by atoms with van der Waals surface area (Å²) in [4.78, 5) is 11.1. The van der Waals surface area contributed by atoms with Gasteiger partial charge < -0.3 is 10.5 Å². The van der Waals surface area contributed by atoms with E-state index in [2.05, 4.69) is 0 Å². The van der Waals surface area contributed by atoms with E-state index < -0.39 is 0 Å². The average Bonchev–Trinajstić information content (AvgIpc) is 3.27. The fourth-order valence-electron chi connectivity index (χ4n) is 2.45. The van der Waals surface area contributed by atoms with Crippen molar-refractivity contribution >= 4 is 5.91 Å². The first-order chi connectivity index (χ1) is 9.74. The highest BCUT2D eigenvalue weighted by atomic mass is 16.5. The summed E-state index contributed by atoms with van der Waals surface area (Å²) in [5.41, 5.74) is 7.60. The van der Waals surface area contributed by atoms with Crippen LogP contribution in [0.3, 0.4) is 0 Å². The normalized spacial score (nSPS) is 20.4. The highest BCUT2D eigenvalue weighted by molar-refractivity contribution is 5.81. The van der Waals surface area contributed by atoms with Crippen molar-refractivity contribution in [3.05, 3.63) is 65.7 Å². The van der Waals surface area contributed by atoms with Gasteiger partial charge in [0.05, 0.1) is 0 Å². The first kappa shape index (κ1) is 12.7. The van der Waals surface area contributed by atoms with Gasteiger partial charge in [-0.05, 0) is 35.6 Å². The molecule has 0 heterocycles. The number of carbonyl (C=O) groups is 1. The lowest BCUT2D eigenvalue weighted by Crippen LogP contribution is -2.13. The van der Waals surface area contributed by atoms with Crippen LogP contribution < -0.4 is 10.5 Å². The molecule has 3 nitrogen and oxygen atoms in total. The van der Waals surface area contributed by atoms with Gasteiger partial charge in [0.25, 0.3) is 0 Å². The Kier molecular flexibility index (Phi) is 3.42. The zero-order chi connectivity index (χ0) is 13.9. The molecule has 0 aromatic heterocycles. The average molecular weight is 267 g/mol. The molecule has 1 fully saturated rings. The summed E-state index contributed by atoms with van der Waals surface area (Å²) in [6.07, 6.45) is 0.859. The Morgan fingerprint density at radius 1 is 1.15 bits per heavy atom. The number of amides is 1. The standard InChI is InChI=1S/C17H17NO2/c18-17(19)16-10-15(16)13-7-4-8-14(9-13)20-11-12-5-2-1-3-6-12/h1-9,15-16H,10-11H2,(H2,18,19). The van der Waals surface area contributed by atoms with Crippen LogP contribution in [-0.4, -0.2) is 5.91 Å². The van der Waals surface area contributed by atoms with E-state index in [1.807, 2.05) is 54.6 Å². The number of benzene rings is 2. The lowest BCUT2D eigenvalue weighted by Gasteiger charge is -2.08. The summed E-state index contributed by atoms with van der Waals surface area (Å²) in [5, 5.41) is 0. The van der Waals surface area contributed by atoms with Gasteiger partial charge >= 0.3 is 0 Å². The van der Waals surface area contributed by atoms with E-state index >= 15 is 0 Å². The minimum atomic E-state index is -0.203. The fourth-order valence-corrected chi connectivity index (χ4v) is 2.45. The molecule has 3 heteroatoms. The van der Waals surface area contributed by atoms with E-state index in [1.54, 1.807) is 0 Å². The molecule has 102 valence electrons. The van der Waals surface area contributed by atoms with Gasteiger partial charge in [0.2, 0.25) is 5.91 Å². The van der Waals surface area contributed by atoms with Crippen LogP contribution in [0.4, 0.5) is 0 Å². The number of primary amides is 1. The molecule has 0 saturated heterocycles. The van der Waals surface area contributed by atoms with E-state index in [1.165, 1.54) is 0 Å². The Morgan fingerprint density at radius 3 is 2.65 bits per heavy atom. The summed E-state index contributed by atoms with van der Waals surface area (Å²) >= 11 is 0. The van der Waals surface area contributed by atoms with Gasteiger partial charge in [-0.1, -0.05) is 42.5 Å². The first-order valence-electron chi connectivity index (χ1n) is 6.80. The maximum absolute atomic E-state index is 11.1. The molecule has 2 atom stereocenters. The third-order valence-electron chi connectivity index (χ3n) is 3.69. The molecule has 2 aromatic rings. The largest absolute Gasteiger partial charge is 0.489 e. The van der Waals surface area contributed by atoms with Crippen molar-refractivity contribution in [3.63, 3.8) is 0 Å². The van der Waals surface area contributed by atoms with Gasteiger partial charge in [0, 0.05) is 5.92 Å². The molecule has 1 saturated carbocycles. The Bertz CT molecular complexity index is 609. The van der Waals surface area contributed by atoms with Crippen LogP contribution in [0.25, 0.3) is 0 Å². The topological polar surface area (TPSA) is 52.3 Å². The lowest BCUT2D eigenvalue weighted by molar-refractivity contribution is -0.119. The number of nitrogens with two attached hydrogens (primary N) is 1. The molecule has 1 amide bonds. The molecule has 2 aromatic carbocycles. The van der Waals surface area contributed by atoms with Crippen LogP contribution >= 0.6 is 0 Å². The number of hydrogen-bond acceptors (Lipinski definition) is 2. The summed E-state index contributed by atoms with van der Waals surface area (Å²) < 4.78 is 5.79. The molecule has 1 aliphatic carbocycles. The molecule has 1 aliphatic rings. The highest BCUT2D eigenvalue weighted by Crippen LogP contribution is 2.47. The minimum Gasteiger partial charge on any atom is -0.489 e. The molecule has 0 bridgehead atoms. The molecule has 0 spiro atoms. The number of rotatable bonds is 5. The highest BCUT2D eigenvalue weighted by Gasteiger charge is 2.42. The van der Waals surface area contributed by atoms with Gasteiger partial charge in [0.15, 0.2) is 0 Å². The fraction of sp³-hybridized carbons (Fsp3) is 0.235. The van der Waals surface area contributed by atoms with Crippen molar-refractivity contribution in [2.75, 3.05) is 0 Å². The molecule has 0 radical (unpaired) electrons. The summed E-state index contributed by atoms with van der Waals surface area (Å²) in [6, 6.07) is 18.0. The van der Waals surface area contributed by atoms with Gasteiger partial charge in [0.1, 0.15) is 12.4 Å². The predicted molar refractivity (Wildman–Crippen MR) is 77.3 cm³/mol. The second kappa shape index (κ2) is 5.37. The maximum Gasteiger partial charge on any atom is 0.221 e. The van der Waals surface area contributed by atoms with Gasteiger partial charge in [-0.3, -0.25) is 4.79 Å². The van der Waals surface area contributed by atoms with Crippen LogP contribution in [-0.2, 0) is 11.4 Å². The summed E-state index contributed by atoms with van der Waals surface area (Å²) in [7, 11) is 0.